The van der Waals surface area contributed by atoms with Gasteiger partial charge in [0.25, 0.3) is 0 Å². The number of nitrogen functional groups attached to an aromatic ring is 1. The molecule has 0 radical (unpaired) electrons. The van der Waals surface area contributed by atoms with Gasteiger partial charge < -0.3 is 9.47 Å². The maximum Gasteiger partial charge on any atom is 0.322 e. The molecule has 0 aliphatic carbocycles. The van der Waals surface area contributed by atoms with E-state index in [1.807, 2.05) is 6.92 Å². The molecule has 17 heavy (non-hydrogen) atoms. The van der Waals surface area contributed by atoms with Gasteiger partial charge in [-0.1, -0.05) is 18.7 Å². The van der Waals surface area contributed by atoms with Crippen LogP contribution in [0.3, 0.4) is 0 Å². The number of aromatic nitrogens is 3. The van der Waals surface area contributed by atoms with Crippen molar-refractivity contribution in [3.05, 3.63) is 0 Å². The molecule has 1 aromatic heterocycles. The number of hydrazine groups is 1. The first-order chi connectivity index (χ1) is 8.30. The Balaban J connectivity index is 2.67. The van der Waals surface area contributed by atoms with Crippen LogP contribution in [0.2, 0.25) is 0 Å². The smallest absolute Gasteiger partial charge is 0.322 e. The standard InChI is InChI=1S/C9H17N5O2S/c1-3-4-16-8-11-7(14-10)12-9(13-8)17-6-5-15-2/h3-6,10H2,1-2H3,(H,11,12,13,14). The van der Waals surface area contributed by atoms with Crippen molar-refractivity contribution in [2.24, 2.45) is 5.84 Å². The number of nitrogens with two attached hydrogens (primary N) is 1. The van der Waals surface area contributed by atoms with Crippen LogP contribution < -0.4 is 16.0 Å². The van der Waals surface area contributed by atoms with Gasteiger partial charge in [-0.2, -0.15) is 15.0 Å². The van der Waals surface area contributed by atoms with Crippen LogP contribution in [0.15, 0.2) is 5.16 Å². The topological polar surface area (TPSA) is 95.2 Å². The Morgan fingerprint density at radius 2 is 2.12 bits per heavy atom. The zero-order valence-electron chi connectivity index (χ0n) is 9.97. The van der Waals surface area contributed by atoms with Crippen molar-refractivity contribution in [3.63, 3.8) is 0 Å². The van der Waals surface area contributed by atoms with Crippen molar-refractivity contribution in [1.82, 2.24) is 15.0 Å². The zero-order valence-corrected chi connectivity index (χ0v) is 10.8. The molecule has 0 aliphatic rings. The number of nitrogens with one attached hydrogen (secondary N) is 1. The highest BCUT2D eigenvalue weighted by molar-refractivity contribution is 7.99. The Bertz CT molecular complexity index is 339. The third-order valence-electron chi connectivity index (χ3n) is 1.68. The average molecular weight is 259 g/mol. The van der Waals surface area contributed by atoms with Crippen molar-refractivity contribution in [3.8, 4) is 6.01 Å². The maximum atomic E-state index is 5.34. The fraction of sp³-hybridized carbons (Fsp3) is 0.667. The number of rotatable bonds is 8. The van der Waals surface area contributed by atoms with Gasteiger partial charge in [-0.25, -0.2) is 5.84 Å². The fourth-order valence-electron chi connectivity index (χ4n) is 0.941. The van der Waals surface area contributed by atoms with E-state index in [1.54, 1.807) is 7.11 Å². The maximum absolute atomic E-state index is 5.34. The lowest BCUT2D eigenvalue weighted by atomic mass is 10.5. The van der Waals surface area contributed by atoms with Crippen LogP contribution in [-0.4, -0.2) is 41.0 Å². The van der Waals surface area contributed by atoms with E-state index >= 15 is 0 Å². The van der Waals surface area contributed by atoms with Gasteiger partial charge in [0.2, 0.25) is 5.95 Å². The fourth-order valence-corrected chi connectivity index (χ4v) is 1.67. The Morgan fingerprint density at radius 3 is 2.76 bits per heavy atom. The van der Waals surface area contributed by atoms with Crippen LogP contribution in [0.25, 0.3) is 0 Å². The zero-order chi connectivity index (χ0) is 12.5. The highest BCUT2D eigenvalue weighted by Gasteiger charge is 2.07. The summed E-state index contributed by atoms with van der Waals surface area (Å²) in [7, 11) is 1.65. The van der Waals surface area contributed by atoms with E-state index in [0.717, 1.165) is 12.2 Å². The van der Waals surface area contributed by atoms with Crippen LogP contribution in [0.4, 0.5) is 5.95 Å². The molecular weight excluding hydrogens is 242 g/mol. The van der Waals surface area contributed by atoms with Gasteiger partial charge in [0.1, 0.15) is 0 Å². The third-order valence-corrected chi connectivity index (χ3v) is 2.49. The third kappa shape index (κ3) is 5.16. The number of methoxy groups -OCH3 is 1. The Hall–Kier alpha value is -1.12. The number of hydrogen-bond acceptors (Lipinski definition) is 8. The van der Waals surface area contributed by atoms with Gasteiger partial charge in [0.05, 0.1) is 13.2 Å². The number of anilines is 1. The summed E-state index contributed by atoms with van der Waals surface area (Å²) in [5.74, 6) is 6.34. The number of thioether (sulfide) groups is 1. The van der Waals surface area contributed by atoms with E-state index in [1.165, 1.54) is 11.8 Å². The molecule has 3 N–H and O–H groups in total. The van der Waals surface area contributed by atoms with Crippen molar-refractivity contribution < 1.29 is 9.47 Å². The molecule has 8 heteroatoms. The molecule has 96 valence electrons. The quantitative estimate of drug-likeness (QED) is 0.305. The molecule has 0 saturated carbocycles. The lowest BCUT2D eigenvalue weighted by Crippen LogP contribution is -2.13. The molecule has 0 atom stereocenters. The number of nitrogens with zero attached hydrogens (tertiary/aromatic N) is 3. The number of hydrogen-bond donors (Lipinski definition) is 2. The molecule has 0 bridgehead atoms. The van der Waals surface area contributed by atoms with E-state index in [9.17, 15) is 0 Å². The minimum atomic E-state index is 0.287. The van der Waals surface area contributed by atoms with Crippen molar-refractivity contribution in [1.29, 1.82) is 0 Å². The normalized spacial score (nSPS) is 10.3. The van der Waals surface area contributed by atoms with Crippen LogP contribution in [0, 0.1) is 0 Å². The molecule has 0 aromatic carbocycles. The Kier molecular flexibility index (Phi) is 6.60. The molecule has 0 unspecified atom stereocenters. The minimum absolute atomic E-state index is 0.287. The SMILES string of the molecule is CCCOc1nc(NN)nc(SCCOC)n1. The summed E-state index contributed by atoms with van der Waals surface area (Å²) >= 11 is 1.46. The first-order valence-electron chi connectivity index (χ1n) is 5.27. The summed E-state index contributed by atoms with van der Waals surface area (Å²) in [6.07, 6.45) is 0.892. The van der Waals surface area contributed by atoms with Gasteiger partial charge in [-0.3, -0.25) is 5.43 Å². The summed E-state index contributed by atoms with van der Waals surface area (Å²) < 4.78 is 10.3. The molecule has 0 fully saturated rings. The van der Waals surface area contributed by atoms with Crippen molar-refractivity contribution in [2.75, 3.05) is 31.5 Å². The second kappa shape index (κ2) is 8.04. The summed E-state index contributed by atoms with van der Waals surface area (Å²) in [4.78, 5) is 12.3. The van der Waals surface area contributed by atoms with Crippen LogP contribution in [0.5, 0.6) is 6.01 Å². The molecule has 1 rings (SSSR count). The van der Waals surface area contributed by atoms with E-state index < -0.39 is 0 Å². The van der Waals surface area contributed by atoms with Gasteiger partial charge in [-0.05, 0) is 6.42 Å². The molecule has 0 saturated heterocycles. The molecule has 0 spiro atoms. The first kappa shape index (κ1) is 13.9. The molecule has 0 amide bonds. The minimum Gasteiger partial charge on any atom is -0.463 e. The molecule has 0 aliphatic heterocycles. The second-order valence-electron chi connectivity index (χ2n) is 3.06. The van der Waals surface area contributed by atoms with Gasteiger partial charge in [0, 0.05) is 12.9 Å². The highest BCUT2D eigenvalue weighted by Crippen LogP contribution is 2.17. The highest BCUT2D eigenvalue weighted by atomic mass is 32.2. The first-order valence-corrected chi connectivity index (χ1v) is 6.26. The molecule has 1 heterocycles. The average Bonchev–Trinajstić information content (AvgIpc) is 2.36. The van der Waals surface area contributed by atoms with Gasteiger partial charge >= 0.3 is 6.01 Å². The molecular formula is C9H17N5O2S. The lowest BCUT2D eigenvalue weighted by molar-refractivity contribution is 0.218. The van der Waals surface area contributed by atoms with Gasteiger partial charge in [-0.15, -0.1) is 0 Å². The van der Waals surface area contributed by atoms with E-state index in [-0.39, 0.29) is 6.01 Å². The van der Waals surface area contributed by atoms with Gasteiger partial charge in [0.15, 0.2) is 5.16 Å². The van der Waals surface area contributed by atoms with Crippen molar-refractivity contribution >= 4 is 17.7 Å². The Morgan fingerprint density at radius 1 is 1.29 bits per heavy atom. The Labute approximate surface area is 104 Å². The van der Waals surface area contributed by atoms with Crippen LogP contribution >= 0.6 is 11.8 Å². The van der Waals surface area contributed by atoms with Crippen molar-refractivity contribution in [2.45, 2.75) is 18.5 Å². The lowest BCUT2D eigenvalue weighted by Gasteiger charge is -2.06. The molecule has 1 aromatic rings. The monoisotopic (exact) mass is 259 g/mol. The number of ether oxygens (including phenoxy) is 2. The summed E-state index contributed by atoms with van der Waals surface area (Å²) in [6, 6.07) is 0.287. The predicted molar refractivity (Wildman–Crippen MR) is 66.0 cm³/mol. The second-order valence-corrected chi connectivity index (χ2v) is 4.12. The summed E-state index contributed by atoms with van der Waals surface area (Å²) in [5, 5.41) is 0.566. The predicted octanol–water partition coefficient (Wildman–Crippen LogP) is 0.684. The van der Waals surface area contributed by atoms with E-state index in [4.69, 9.17) is 15.3 Å². The van der Waals surface area contributed by atoms with E-state index in [2.05, 4.69) is 20.4 Å². The summed E-state index contributed by atoms with van der Waals surface area (Å²) in [6.45, 7) is 3.21. The van der Waals surface area contributed by atoms with Crippen LogP contribution in [-0.2, 0) is 4.74 Å². The van der Waals surface area contributed by atoms with Crippen LogP contribution in [0.1, 0.15) is 13.3 Å². The largest absolute Gasteiger partial charge is 0.463 e. The summed E-state index contributed by atoms with van der Waals surface area (Å²) in [5.41, 5.74) is 2.39. The molecule has 7 nitrogen and oxygen atoms in total. The van der Waals surface area contributed by atoms with E-state index in [0.29, 0.717) is 24.3 Å².